The van der Waals surface area contributed by atoms with E-state index >= 15 is 0 Å². The van der Waals surface area contributed by atoms with Gasteiger partial charge in [-0.15, -0.1) is 24.0 Å². The number of benzene rings is 1. The third-order valence-electron chi connectivity index (χ3n) is 5.29. The van der Waals surface area contributed by atoms with Crippen molar-refractivity contribution >= 4 is 29.9 Å². The molecule has 2 N–H and O–H groups in total. The van der Waals surface area contributed by atoms with Crippen LogP contribution in [0.25, 0.3) is 0 Å². The van der Waals surface area contributed by atoms with Crippen molar-refractivity contribution in [3.63, 3.8) is 0 Å². The summed E-state index contributed by atoms with van der Waals surface area (Å²) < 4.78 is 11.3. The highest BCUT2D eigenvalue weighted by Gasteiger charge is 2.34. The lowest BCUT2D eigenvalue weighted by Crippen LogP contribution is -2.48. The number of nitrogens with one attached hydrogen (secondary N) is 2. The summed E-state index contributed by atoms with van der Waals surface area (Å²) in [7, 11) is 0. The molecule has 0 bridgehead atoms. The van der Waals surface area contributed by atoms with Gasteiger partial charge in [-0.1, -0.05) is 18.2 Å². The van der Waals surface area contributed by atoms with E-state index in [-0.39, 0.29) is 29.4 Å². The molecular formula is C23H33IN4O2. The fourth-order valence-corrected chi connectivity index (χ4v) is 3.65. The predicted octanol–water partition coefficient (Wildman–Crippen LogP) is 3.90. The number of halogens is 1. The van der Waals surface area contributed by atoms with Crippen LogP contribution in [0.5, 0.6) is 5.75 Å². The lowest BCUT2D eigenvalue weighted by molar-refractivity contribution is 0.0513. The Kier molecular flexibility index (Phi) is 10.4. The second-order valence-electron chi connectivity index (χ2n) is 7.22. The van der Waals surface area contributed by atoms with Crippen LogP contribution >= 0.6 is 24.0 Å². The number of guanidine groups is 1. The van der Waals surface area contributed by atoms with E-state index in [1.807, 2.05) is 25.1 Å². The molecule has 0 spiro atoms. The molecule has 1 aromatic carbocycles. The molecule has 0 unspecified atom stereocenters. The minimum absolute atomic E-state index is 0. The first-order valence-corrected chi connectivity index (χ1v) is 10.5. The van der Waals surface area contributed by atoms with E-state index in [4.69, 9.17) is 14.5 Å². The van der Waals surface area contributed by atoms with E-state index in [1.54, 1.807) is 6.20 Å². The molecule has 2 heterocycles. The first kappa shape index (κ1) is 24.4. The van der Waals surface area contributed by atoms with Crippen LogP contribution in [0, 0.1) is 0 Å². The molecule has 1 fully saturated rings. The molecule has 2 aromatic rings. The molecule has 0 saturated carbocycles. The summed E-state index contributed by atoms with van der Waals surface area (Å²) in [5, 5.41) is 6.91. The van der Waals surface area contributed by atoms with Crippen molar-refractivity contribution in [2.24, 2.45) is 4.99 Å². The molecule has 1 aromatic heterocycles. The average molecular weight is 524 g/mol. The molecule has 0 amide bonds. The fraction of sp³-hybridized carbons (Fsp3) is 0.478. The van der Waals surface area contributed by atoms with Gasteiger partial charge in [-0.05, 0) is 56.5 Å². The summed E-state index contributed by atoms with van der Waals surface area (Å²) in [4.78, 5) is 9.07. The van der Waals surface area contributed by atoms with Crippen LogP contribution in [-0.4, -0.2) is 43.9 Å². The normalized spacial score (nSPS) is 15.7. The van der Waals surface area contributed by atoms with Crippen molar-refractivity contribution in [1.82, 2.24) is 15.6 Å². The van der Waals surface area contributed by atoms with Gasteiger partial charge in [-0.25, -0.2) is 4.99 Å². The average Bonchev–Trinajstić information content (AvgIpc) is 2.78. The molecule has 7 heteroatoms. The maximum absolute atomic E-state index is 5.66. The number of ether oxygens (including phenoxy) is 2. The third-order valence-corrected chi connectivity index (χ3v) is 5.29. The zero-order valence-electron chi connectivity index (χ0n) is 17.9. The number of hydrogen-bond acceptors (Lipinski definition) is 4. The zero-order valence-corrected chi connectivity index (χ0v) is 20.2. The van der Waals surface area contributed by atoms with Gasteiger partial charge in [0, 0.05) is 37.9 Å². The molecule has 1 saturated heterocycles. The molecule has 1 aliphatic heterocycles. The van der Waals surface area contributed by atoms with E-state index < -0.39 is 0 Å². The maximum atomic E-state index is 5.66. The monoisotopic (exact) mass is 524 g/mol. The Morgan fingerprint density at radius 3 is 2.50 bits per heavy atom. The van der Waals surface area contributed by atoms with Crippen molar-refractivity contribution in [3.05, 3.63) is 59.9 Å². The van der Waals surface area contributed by atoms with E-state index in [2.05, 4.69) is 46.8 Å². The summed E-state index contributed by atoms with van der Waals surface area (Å²) in [6.07, 6.45) is 3.76. The van der Waals surface area contributed by atoms with E-state index in [9.17, 15) is 0 Å². The standard InChI is InChI=1S/C23H32N4O2.HI/c1-3-24-22(26-17-20-7-5-6-14-25-20)27-18-23(12-15-28-16-13-23)19-8-10-21(11-9-19)29-4-2;/h5-11,14H,3-4,12-13,15-18H2,1-2H3,(H2,24,26,27);1H. The lowest BCUT2D eigenvalue weighted by atomic mass is 9.74. The van der Waals surface area contributed by atoms with Gasteiger partial charge in [-0.3, -0.25) is 4.98 Å². The topological polar surface area (TPSA) is 67.8 Å². The van der Waals surface area contributed by atoms with Crippen LogP contribution in [0.4, 0.5) is 0 Å². The van der Waals surface area contributed by atoms with Crippen LogP contribution in [0.15, 0.2) is 53.7 Å². The fourth-order valence-electron chi connectivity index (χ4n) is 3.65. The summed E-state index contributed by atoms with van der Waals surface area (Å²) in [6.45, 7) is 8.48. The largest absolute Gasteiger partial charge is 0.494 e. The molecule has 0 aliphatic carbocycles. The minimum atomic E-state index is 0. The Labute approximate surface area is 196 Å². The highest BCUT2D eigenvalue weighted by atomic mass is 127. The number of rotatable bonds is 8. The number of aliphatic imine (C=N–C) groups is 1. The molecule has 30 heavy (non-hydrogen) atoms. The Bertz CT molecular complexity index is 763. The molecule has 0 radical (unpaired) electrons. The summed E-state index contributed by atoms with van der Waals surface area (Å²) in [5.41, 5.74) is 2.29. The van der Waals surface area contributed by atoms with Crippen molar-refractivity contribution in [2.75, 3.05) is 32.9 Å². The lowest BCUT2D eigenvalue weighted by Gasteiger charge is -2.38. The zero-order chi connectivity index (χ0) is 20.4. The first-order chi connectivity index (χ1) is 14.3. The molecular weight excluding hydrogens is 491 g/mol. The van der Waals surface area contributed by atoms with Crippen LogP contribution in [0.2, 0.25) is 0 Å². The second kappa shape index (κ2) is 12.7. The first-order valence-electron chi connectivity index (χ1n) is 10.5. The van der Waals surface area contributed by atoms with Gasteiger partial charge >= 0.3 is 0 Å². The van der Waals surface area contributed by atoms with Gasteiger partial charge in [0.2, 0.25) is 0 Å². The highest BCUT2D eigenvalue weighted by molar-refractivity contribution is 14.0. The SMILES string of the molecule is CCNC(=NCc1ccccn1)NCC1(c2ccc(OCC)cc2)CCOCC1.I. The summed E-state index contributed by atoms with van der Waals surface area (Å²) in [5.74, 6) is 1.73. The summed E-state index contributed by atoms with van der Waals surface area (Å²) in [6, 6.07) is 14.4. The Balaban J connectivity index is 0.00000320. The molecule has 1 aliphatic rings. The maximum Gasteiger partial charge on any atom is 0.191 e. The van der Waals surface area contributed by atoms with E-state index in [1.165, 1.54) is 5.56 Å². The minimum Gasteiger partial charge on any atom is -0.494 e. The second-order valence-corrected chi connectivity index (χ2v) is 7.22. The number of aromatic nitrogens is 1. The number of pyridine rings is 1. The van der Waals surface area contributed by atoms with Gasteiger partial charge in [0.05, 0.1) is 18.8 Å². The molecule has 164 valence electrons. The van der Waals surface area contributed by atoms with Crippen LogP contribution < -0.4 is 15.4 Å². The van der Waals surface area contributed by atoms with Crippen molar-refractivity contribution in [2.45, 2.75) is 38.6 Å². The number of nitrogens with zero attached hydrogens (tertiary/aromatic N) is 2. The Morgan fingerprint density at radius 2 is 1.87 bits per heavy atom. The van der Waals surface area contributed by atoms with Crippen LogP contribution in [0.3, 0.4) is 0 Å². The van der Waals surface area contributed by atoms with Crippen molar-refractivity contribution in [3.8, 4) is 5.75 Å². The molecule has 0 atom stereocenters. The van der Waals surface area contributed by atoms with Gasteiger partial charge in [-0.2, -0.15) is 0 Å². The van der Waals surface area contributed by atoms with Crippen molar-refractivity contribution in [1.29, 1.82) is 0 Å². The van der Waals surface area contributed by atoms with Crippen LogP contribution in [0.1, 0.15) is 37.9 Å². The molecule has 3 rings (SSSR count). The summed E-state index contributed by atoms with van der Waals surface area (Å²) >= 11 is 0. The Morgan fingerprint density at radius 1 is 1.10 bits per heavy atom. The van der Waals surface area contributed by atoms with E-state index in [0.717, 1.165) is 56.5 Å². The van der Waals surface area contributed by atoms with E-state index in [0.29, 0.717) is 13.2 Å². The van der Waals surface area contributed by atoms with Gasteiger partial charge in [0.1, 0.15) is 5.75 Å². The van der Waals surface area contributed by atoms with Gasteiger partial charge in [0.25, 0.3) is 0 Å². The number of hydrogen-bond donors (Lipinski definition) is 2. The van der Waals surface area contributed by atoms with Gasteiger partial charge < -0.3 is 20.1 Å². The molecule has 6 nitrogen and oxygen atoms in total. The Hall–Kier alpha value is -1.87. The van der Waals surface area contributed by atoms with Crippen LogP contribution in [-0.2, 0) is 16.7 Å². The smallest absolute Gasteiger partial charge is 0.191 e. The highest BCUT2D eigenvalue weighted by Crippen LogP contribution is 2.35. The quantitative estimate of drug-likeness (QED) is 0.312. The van der Waals surface area contributed by atoms with Gasteiger partial charge in [0.15, 0.2) is 5.96 Å². The van der Waals surface area contributed by atoms with Crippen molar-refractivity contribution < 1.29 is 9.47 Å². The third kappa shape index (κ3) is 6.84. The predicted molar refractivity (Wildman–Crippen MR) is 132 cm³/mol.